The van der Waals surface area contributed by atoms with E-state index in [1.54, 1.807) is 0 Å². The summed E-state index contributed by atoms with van der Waals surface area (Å²) in [5.41, 5.74) is 5.54. The summed E-state index contributed by atoms with van der Waals surface area (Å²) in [5, 5.41) is 3.61. The molecule has 21 heavy (non-hydrogen) atoms. The number of fused-ring (bicyclic) bond motifs is 1. The van der Waals surface area contributed by atoms with Crippen molar-refractivity contribution in [3.05, 3.63) is 63.6 Å². The molecule has 0 spiro atoms. The summed E-state index contributed by atoms with van der Waals surface area (Å²) in [6.07, 6.45) is 1.17. The van der Waals surface area contributed by atoms with Gasteiger partial charge in [0.25, 0.3) is 0 Å². The van der Waals surface area contributed by atoms with Gasteiger partial charge in [0.05, 0.1) is 0 Å². The van der Waals surface area contributed by atoms with Crippen LogP contribution in [0.3, 0.4) is 0 Å². The van der Waals surface area contributed by atoms with Crippen LogP contribution in [0.1, 0.15) is 29.7 Å². The monoisotopic (exact) mass is 344 g/mol. The van der Waals surface area contributed by atoms with Gasteiger partial charge in [-0.05, 0) is 48.2 Å². The topological polar surface area (TPSA) is 15.3 Å². The molecule has 0 aliphatic carbocycles. The third-order valence-electron chi connectivity index (χ3n) is 4.23. The molecule has 2 aromatic carbocycles. The van der Waals surface area contributed by atoms with Crippen LogP contribution in [0, 0.1) is 0 Å². The van der Waals surface area contributed by atoms with Gasteiger partial charge in [-0.2, -0.15) is 0 Å². The van der Waals surface area contributed by atoms with Crippen molar-refractivity contribution in [2.45, 2.75) is 25.9 Å². The van der Waals surface area contributed by atoms with Gasteiger partial charge in [-0.15, -0.1) is 0 Å². The van der Waals surface area contributed by atoms with Gasteiger partial charge in [0.15, 0.2) is 0 Å². The predicted octanol–water partition coefficient (Wildman–Crippen LogP) is 4.29. The Balaban J connectivity index is 1.65. The fourth-order valence-corrected chi connectivity index (χ4v) is 3.31. The SMILES string of the molecule is C[C@@H](NCc1ccc2c(c1)CCN2C)c1cccc(Br)c1. The highest BCUT2D eigenvalue weighted by Gasteiger charge is 2.15. The van der Waals surface area contributed by atoms with Gasteiger partial charge in [0, 0.05) is 36.3 Å². The van der Waals surface area contributed by atoms with Gasteiger partial charge >= 0.3 is 0 Å². The maximum Gasteiger partial charge on any atom is 0.0397 e. The van der Waals surface area contributed by atoms with Crippen molar-refractivity contribution in [3.8, 4) is 0 Å². The van der Waals surface area contributed by atoms with Crippen LogP contribution < -0.4 is 10.2 Å². The van der Waals surface area contributed by atoms with E-state index >= 15 is 0 Å². The molecule has 1 N–H and O–H groups in total. The quantitative estimate of drug-likeness (QED) is 0.889. The van der Waals surface area contributed by atoms with Crippen molar-refractivity contribution in [2.24, 2.45) is 0 Å². The lowest BCUT2D eigenvalue weighted by Crippen LogP contribution is -2.18. The molecule has 0 bridgehead atoms. The third kappa shape index (κ3) is 3.30. The fraction of sp³-hybridized carbons (Fsp3) is 0.333. The first kappa shape index (κ1) is 14.6. The number of rotatable bonds is 4. The van der Waals surface area contributed by atoms with Gasteiger partial charge in [-0.25, -0.2) is 0 Å². The average molecular weight is 345 g/mol. The fourth-order valence-electron chi connectivity index (χ4n) is 2.89. The molecule has 0 amide bonds. The molecule has 0 fully saturated rings. The summed E-state index contributed by atoms with van der Waals surface area (Å²) in [6, 6.07) is 15.7. The molecular weight excluding hydrogens is 324 g/mol. The Labute approximate surface area is 135 Å². The second-order valence-electron chi connectivity index (χ2n) is 5.79. The highest BCUT2D eigenvalue weighted by Crippen LogP contribution is 2.27. The highest BCUT2D eigenvalue weighted by molar-refractivity contribution is 9.10. The number of hydrogen-bond acceptors (Lipinski definition) is 2. The van der Waals surface area contributed by atoms with E-state index in [2.05, 4.69) is 82.6 Å². The van der Waals surface area contributed by atoms with Crippen LogP contribution in [-0.2, 0) is 13.0 Å². The summed E-state index contributed by atoms with van der Waals surface area (Å²) < 4.78 is 1.13. The number of hydrogen-bond donors (Lipinski definition) is 1. The molecule has 0 saturated carbocycles. The Morgan fingerprint density at radius 1 is 1.24 bits per heavy atom. The average Bonchev–Trinajstić information content (AvgIpc) is 2.86. The number of halogens is 1. The maximum atomic E-state index is 3.61. The van der Waals surface area contributed by atoms with Crippen molar-refractivity contribution >= 4 is 21.6 Å². The van der Waals surface area contributed by atoms with Crippen molar-refractivity contribution in [2.75, 3.05) is 18.5 Å². The van der Waals surface area contributed by atoms with Crippen LogP contribution in [0.5, 0.6) is 0 Å². The molecule has 0 unspecified atom stereocenters. The molecule has 0 radical (unpaired) electrons. The van der Waals surface area contributed by atoms with Crippen LogP contribution in [0.4, 0.5) is 5.69 Å². The molecule has 0 saturated heterocycles. The van der Waals surface area contributed by atoms with Gasteiger partial charge < -0.3 is 10.2 Å². The van der Waals surface area contributed by atoms with E-state index in [0.29, 0.717) is 6.04 Å². The van der Waals surface area contributed by atoms with Crippen LogP contribution in [-0.4, -0.2) is 13.6 Å². The standard InChI is InChI=1S/C18H21BrN2/c1-13(15-4-3-5-17(19)11-15)20-12-14-6-7-18-16(10-14)8-9-21(18)2/h3-7,10-11,13,20H,8-9,12H2,1-2H3/t13-/m1/s1. The Bertz CT molecular complexity index is 639. The lowest BCUT2D eigenvalue weighted by Gasteiger charge is -2.16. The van der Waals surface area contributed by atoms with Gasteiger partial charge in [-0.1, -0.05) is 40.2 Å². The van der Waals surface area contributed by atoms with Crippen LogP contribution in [0.2, 0.25) is 0 Å². The molecular formula is C18H21BrN2. The Hall–Kier alpha value is -1.32. The second kappa shape index (κ2) is 6.20. The molecule has 0 aromatic heterocycles. The number of nitrogens with zero attached hydrogens (tertiary/aromatic N) is 1. The van der Waals surface area contributed by atoms with E-state index in [9.17, 15) is 0 Å². The predicted molar refractivity (Wildman–Crippen MR) is 92.8 cm³/mol. The lowest BCUT2D eigenvalue weighted by molar-refractivity contribution is 0.574. The minimum absolute atomic E-state index is 0.346. The van der Waals surface area contributed by atoms with E-state index in [4.69, 9.17) is 0 Å². The van der Waals surface area contributed by atoms with E-state index in [1.165, 1.54) is 28.8 Å². The Kier molecular flexibility index (Phi) is 4.32. The molecule has 1 heterocycles. The molecule has 1 aliphatic rings. The van der Waals surface area contributed by atoms with Crippen molar-refractivity contribution in [3.63, 3.8) is 0 Å². The summed E-state index contributed by atoms with van der Waals surface area (Å²) in [6.45, 7) is 4.26. The first-order valence-electron chi connectivity index (χ1n) is 7.45. The van der Waals surface area contributed by atoms with Crippen LogP contribution >= 0.6 is 15.9 Å². The molecule has 1 atom stereocenters. The summed E-state index contributed by atoms with van der Waals surface area (Å²) in [7, 11) is 2.17. The van der Waals surface area contributed by atoms with E-state index in [0.717, 1.165) is 17.6 Å². The van der Waals surface area contributed by atoms with Crippen molar-refractivity contribution in [1.29, 1.82) is 0 Å². The molecule has 2 aromatic rings. The third-order valence-corrected chi connectivity index (χ3v) is 4.73. The maximum absolute atomic E-state index is 3.61. The van der Waals surface area contributed by atoms with Gasteiger partial charge in [0.1, 0.15) is 0 Å². The summed E-state index contributed by atoms with van der Waals surface area (Å²) >= 11 is 3.53. The lowest BCUT2D eigenvalue weighted by atomic mass is 10.1. The zero-order chi connectivity index (χ0) is 14.8. The molecule has 2 nitrogen and oxygen atoms in total. The summed E-state index contributed by atoms with van der Waals surface area (Å²) in [4.78, 5) is 2.33. The Morgan fingerprint density at radius 2 is 2.10 bits per heavy atom. The number of likely N-dealkylation sites (N-methyl/N-ethyl adjacent to an activating group) is 1. The van der Waals surface area contributed by atoms with E-state index < -0.39 is 0 Å². The zero-order valence-corrected chi connectivity index (χ0v) is 14.2. The molecule has 110 valence electrons. The van der Waals surface area contributed by atoms with Crippen LogP contribution in [0.15, 0.2) is 46.9 Å². The van der Waals surface area contributed by atoms with Crippen LogP contribution in [0.25, 0.3) is 0 Å². The normalized spacial score (nSPS) is 15.1. The van der Waals surface area contributed by atoms with E-state index in [1.807, 2.05) is 0 Å². The zero-order valence-electron chi connectivity index (χ0n) is 12.6. The highest BCUT2D eigenvalue weighted by atomic mass is 79.9. The number of nitrogens with one attached hydrogen (secondary N) is 1. The Morgan fingerprint density at radius 3 is 2.90 bits per heavy atom. The van der Waals surface area contributed by atoms with Crippen molar-refractivity contribution in [1.82, 2.24) is 5.32 Å². The minimum Gasteiger partial charge on any atom is -0.374 e. The largest absolute Gasteiger partial charge is 0.374 e. The second-order valence-corrected chi connectivity index (χ2v) is 6.71. The van der Waals surface area contributed by atoms with Crippen molar-refractivity contribution < 1.29 is 0 Å². The van der Waals surface area contributed by atoms with Gasteiger partial charge in [0.2, 0.25) is 0 Å². The first-order chi connectivity index (χ1) is 10.1. The van der Waals surface area contributed by atoms with E-state index in [-0.39, 0.29) is 0 Å². The van der Waals surface area contributed by atoms with Gasteiger partial charge in [-0.3, -0.25) is 0 Å². The molecule has 1 aliphatic heterocycles. The minimum atomic E-state index is 0.346. The molecule has 3 heteroatoms. The first-order valence-corrected chi connectivity index (χ1v) is 8.24. The number of benzene rings is 2. The molecule has 3 rings (SSSR count). The number of anilines is 1. The smallest absolute Gasteiger partial charge is 0.0397 e. The summed E-state index contributed by atoms with van der Waals surface area (Å²) in [5.74, 6) is 0.